The van der Waals surface area contributed by atoms with Gasteiger partial charge in [0.1, 0.15) is 0 Å². The molecule has 2 aliphatic rings. The molecule has 0 radical (unpaired) electrons. The van der Waals surface area contributed by atoms with Crippen molar-refractivity contribution in [2.75, 3.05) is 32.7 Å². The van der Waals surface area contributed by atoms with Gasteiger partial charge >= 0.3 is 0 Å². The number of carbonyl (C=O) groups excluding carboxylic acids is 1. The third-order valence-electron chi connectivity index (χ3n) is 4.11. The molecule has 0 bridgehead atoms. The van der Waals surface area contributed by atoms with Gasteiger partial charge in [-0.05, 0) is 39.5 Å². The van der Waals surface area contributed by atoms with Crippen LogP contribution in [0.15, 0.2) is 0 Å². The lowest BCUT2D eigenvalue weighted by Crippen LogP contribution is -2.54. The molecule has 1 amide bonds. The normalized spacial score (nSPS) is 22.6. The van der Waals surface area contributed by atoms with E-state index in [9.17, 15) is 4.79 Å². The van der Waals surface area contributed by atoms with Crippen molar-refractivity contribution in [1.29, 1.82) is 0 Å². The highest BCUT2D eigenvalue weighted by Crippen LogP contribution is 2.31. The maximum absolute atomic E-state index is 12.5. The number of nitrogens with zero attached hydrogens (tertiary/aromatic N) is 2. The van der Waals surface area contributed by atoms with Gasteiger partial charge in [-0.3, -0.25) is 9.69 Å². The van der Waals surface area contributed by atoms with Crippen molar-refractivity contribution in [3.8, 4) is 0 Å². The van der Waals surface area contributed by atoms with Crippen molar-refractivity contribution in [3.63, 3.8) is 0 Å². The Balaban J connectivity index is 1.92. The Kier molecular flexibility index (Phi) is 4.62. The highest BCUT2D eigenvalue weighted by atomic mass is 16.2. The second-order valence-electron chi connectivity index (χ2n) is 5.99. The van der Waals surface area contributed by atoms with E-state index >= 15 is 0 Å². The first kappa shape index (κ1) is 13.8. The fraction of sp³-hybridized carbons (Fsp3) is 0.929. The Bertz CT molecular complexity index is 283. The van der Waals surface area contributed by atoms with E-state index in [2.05, 4.69) is 31.0 Å². The summed E-state index contributed by atoms with van der Waals surface area (Å²) in [5, 5.41) is 3.30. The van der Waals surface area contributed by atoms with Gasteiger partial charge in [-0.25, -0.2) is 0 Å². The summed E-state index contributed by atoms with van der Waals surface area (Å²) in [6, 6.07) is 0.483. The van der Waals surface area contributed by atoms with Gasteiger partial charge in [-0.15, -0.1) is 0 Å². The van der Waals surface area contributed by atoms with Crippen LogP contribution in [0.1, 0.15) is 33.6 Å². The number of carbonyl (C=O) groups is 1. The van der Waals surface area contributed by atoms with Crippen LogP contribution >= 0.6 is 0 Å². The molecule has 0 aromatic carbocycles. The van der Waals surface area contributed by atoms with Crippen molar-refractivity contribution in [1.82, 2.24) is 15.1 Å². The molecule has 2 fully saturated rings. The highest BCUT2D eigenvalue weighted by Gasteiger charge is 2.32. The summed E-state index contributed by atoms with van der Waals surface area (Å²) >= 11 is 0. The van der Waals surface area contributed by atoms with E-state index < -0.39 is 0 Å². The molecule has 1 aliphatic heterocycles. The Morgan fingerprint density at radius 1 is 1.28 bits per heavy atom. The van der Waals surface area contributed by atoms with E-state index in [1.165, 1.54) is 12.8 Å². The fourth-order valence-corrected chi connectivity index (χ4v) is 2.71. The predicted molar refractivity (Wildman–Crippen MR) is 73.5 cm³/mol. The van der Waals surface area contributed by atoms with E-state index in [1.807, 2.05) is 4.90 Å². The minimum Gasteiger partial charge on any atom is -0.339 e. The van der Waals surface area contributed by atoms with Gasteiger partial charge in [0.05, 0.1) is 6.04 Å². The quantitative estimate of drug-likeness (QED) is 0.791. The Morgan fingerprint density at radius 2 is 1.89 bits per heavy atom. The van der Waals surface area contributed by atoms with Gasteiger partial charge in [0.25, 0.3) is 0 Å². The molecule has 18 heavy (non-hydrogen) atoms. The van der Waals surface area contributed by atoms with Crippen LogP contribution in [0.2, 0.25) is 0 Å². The van der Waals surface area contributed by atoms with Gasteiger partial charge in [0.2, 0.25) is 5.91 Å². The van der Waals surface area contributed by atoms with E-state index in [-0.39, 0.29) is 6.04 Å². The highest BCUT2D eigenvalue weighted by molar-refractivity contribution is 5.81. The molecule has 2 rings (SSSR count). The van der Waals surface area contributed by atoms with Crippen LogP contribution in [-0.4, -0.2) is 60.5 Å². The molecule has 4 nitrogen and oxygen atoms in total. The molecule has 1 unspecified atom stereocenters. The van der Waals surface area contributed by atoms with Crippen molar-refractivity contribution < 1.29 is 4.79 Å². The lowest BCUT2D eigenvalue weighted by molar-refractivity contribution is -0.137. The van der Waals surface area contributed by atoms with E-state index in [4.69, 9.17) is 0 Å². The van der Waals surface area contributed by atoms with Crippen LogP contribution in [0, 0.1) is 5.92 Å². The smallest absolute Gasteiger partial charge is 0.239 e. The van der Waals surface area contributed by atoms with E-state index in [0.29, 0.717) is 11.9 Å². The zero-order chi connectivity index (χ0) is 13.1. The summed E-state index contributed by atoms with van der Waals surface area (Å²) in [6.07, 6.45) is 2.69. The molecule has 1 heterocycles. The third kappa shape index (κ3) is 3.45. The molecule has 1 N–H and O–H groups in total. The Morgan fingerprint density at radius 3 is 2.39 bits per heavy atom. The molecule has 1 aliphatic carbocycles. The van der Waals surface area contributed by atoms with Crippen LogP contribution < -0.4 is 5.32 Å². The van der Waals surface area contributed by atoms with Gasteiger partial charge in [0.15, 0.2) is 0 Å². The van der Waals surface area contributed by atoms with Crippen molar-refractivity contribution in [3.05, 3.63) is 0 Å². The SMILES string of the molecule is CC(C)N(CC1CC1)C(C)C(=O)N1CCNCC1. The van der Waals surface area contributed by atoms with Crippen LogP contribution in [0.3, 0.4) is 0 Å². The summed E-state index contributed by atoms with van der Waals surface area (Å²) in [5.74, 6) is 1.15. The van der Waals surface area contributed by atoms with Crippen molar-refractivity contribution in [2.24, 2.45) is 5.92 Å². The molecule has 4 heteroatoms. The largest absolute Gasteiger partial charge is 0.339 e. The summed E-state index contributed by atoms with van der Waals surface area (Å²) in [4.78, 5) is 16.9. The van der Waals surface area contributed by atoms with Gasteiger partial charge in [0, 0.05) is 38.8 Å². The summed E-state index contributed by atoms with van der Waals surface area (Å²) in [6.45, 7) is 11.2. The third-order valence-corrected chi connectivity index (χ3v) is 4.11. The van der Waals surface area contributed by atoms with Gasteiger partial charge < -0.3 is 10.2 Å². The minimum absolute atomic E-state index is 0.0312. The maximum Gasteiger partial charge on any atom is 0.239 e. The standard InChI is InChI=1S/C14H27N3O/c1-11(2)17(10-13-4-5-13)12(3)14(18)16-8-6-15-7-9-16/h11-13,15H,4-10H2,1-3H3. The average Bonchev–Trinajstić information content (AvgIpc) is 3.19. The van der Waals surface area contributed by atoms with Crippen molar-refractivity contribution in [2.45, 2.75) is 45.7 Å². The van der Waals surface area contributed by atoms with Crippen molar-refractivity contribution >= 4 is 5.91 Å². The number of amides is 1. The topological polar surface area (TPSA) is 35.6 Å². The summed E-state index contributed by atoms with van der Waals surface area (Å²) < 4.78 is 0. The van der Waals surface area contributed by atoms with Gasteiger partial charge in [-0.2, -0.15) is 0 Å². The van der Waals surface area contributed by atoms with E-state index in [0.717, 1.165) is 38.6 Å². The number of hydrogen-bond donors (Lipinski definition) is 1. The molecule has 104 valence electrons. The summed E-state index contributed by atoms with van der Waals surface area (Å²) in [7, 11) is 0. The molecular weight excluding hydrogens is 226 g/mol. The number of piperazine rings is 1. The zero-order valence-corrected chi connectivity index (χ0v) is 12.0. The lowest BCUT2D eigenvalue weighted by Gasteiger charge is -2.36. The zero-order valence-electron chi connectivity index (χ0n) is 12.0. The summed E-state index contributed by atoms with van der Waals surface area (Å²) in [5.41, 5.74) is 0. The lowest BCUT2D eigenvalue weighted by atomic mass is 10.1. The Hall–Kier alpha value is -0.610. The van der Waals surface area contributed by atoms with Crippen LogP contribution in [-0.2, 0) is 4.79 Å². The molecule has 0 spiro atoms. The first-order valence-corrected chi connectivity index (χ1v) is 7.35. The second kappa shape index (κ2) is 6.02. The fourth-order valence-electron chi connectivity index (χ4n) is 2.71. The molecule has 1 saturated heterocycles. The first-order chi connectivity index (χ1) is 8.59. The minimum atomic E-state index is 0.0312. The van der Waals surface area contributed by atoms with Crippen LogP contribution in [0.25, 0.3) is 0 Å². The van der Waals surface area contributed by atoms with Crippen LogP contribution in [0.5, 0.6) is 0 Å². The first-order valence-electron chi connectivity index (χ1n) is 7.35. The average molecular weight is 253 g/mol. The van der Waals surface area contributed by atoms with Gasteiger partial charge in [-0.1, -0.05) is 0 Å². The molecular formula is C14H27N3O. The number of hydrogen-bond acceptors (Lipinski definition) is 3. The monoisotopic (exact) mass is 253 g/mol. The molecule has 1 saturated carbocycles. The molecule has 0 aromatic heterocycles. The maximum atomic E-state index is 12.5. The number of nitrogens with one attached hydrogen (secondary N) is 1. The Labute approximate surface area is 111 Å². The van der Waals surface area contributed by atoms with Crippen LogP contribution in [0.4, 0.5) is 0 Å². The number of rotatable bonds is 5. The van der Waals surface area contributed by atoms with E-state index in [1.54, 1.807) is 0 Å². The molecule has 0 aromatic rings. The predicted octanol–water partition coefficient (Wildman–Crippen LogP) is 0.927. The second-order valence-corrected chi connectivity index (χ2v) is 5.99. The molecule has 1 atom stereocenters.